The standard InChI is InChI=1S/C13H20N2O/c1-10-8-14-9-11(2)15(10)12-6-4-5-7-13(12)16-3/h4-7,10-11,14H,8-9H2,1-3H3/t10-,11-/m1/s1. The molecule has 0 spiro atoms. The minimum absolute atomic E-state index is 0.500. The minimum Gasteiger partial charge on any atom is -0.495 e. The highest BCUT2D eigenvalue weighted by atomic mass is 16.5. The number of para-hydroxylation sites is 2. The van der Waals surface area contributed by atoms with Crippen LogP contribution in [0.4, 0.5) is 5.69 Å². The third-order valence-electron chi connectivity index (χ3n) is 3.19. The number of hydrogen-bond acceptors (Lipinski definition) is 3. The lowest BCUT2D eigenvalue weighted by atomic mass is 10.1. The summed E-state index contributed by atoms with van der Waals surface area (Å²) in [6.07, 6.45) is 0. The first-order chi connectivity index (χ1) is 7.74. The van der Waals surface area contributed by atoms with E-state index >= 15 is 0 Å². The van der Waals surface area contributed by atoms with Crippen molar-refractivity contribution < 1.29 is 4.74 Å². The molecule has 0 bridgehead atoms. The highest BCUT2D eigenvalue weighted by Crippen LogP contribution is 2.31. The van der Waals surface area contributed by atoms with Crippen LogP contribution in [0.3, 0.4) is 0 Å². The second kappa shape index (κ2) is 4.74. The molecule has 1 heterocycles. The molecule has 1 aliphatic rings. The molecule has 1 aromatic rings. The fourth-order valence-corrected chi connectivity index (χ4v) is 2.45. The molecular formula is C13H20N2O. The Bertz CT molecular complexity index is 344. The molecule has 1 saturated heterocycles. The quantitative estimate of drug-likeness (QED) is 0.823. The van der Waals surface area contributed by atoms with E-state index in [-0.39, 0.29) is 0 Å². The van der Waals surface area contributed by atoms with E-state index in [0.29, 0.717) is 12.1 Å². The van der Waals surface area contributed by atoms with Crippen LogP contribution in [0.1, 0.15) is 13.8 Å². The second-order valence-electron chi connectivity index (χ2n) is 4.44. The van der Waals surface area contributed by atoms with E-state index in [4.69, 9.17) is 4.74 Å². The number of anilines is 1. The Labute approximate surface area is 97.4 Å². The van der Waals surface area contributed by atoms with Crippen molar-refractivity contribution in [3.05, 3.63) is 24.3 Å². The lowest BCUT2D eigenvalue weighted by Gasteiger charge is -2.41. The van der Waals surface area contributed by atoms with Gasteiger partial charge < -0.3 is 15.0 Å². The molecule has 2 rings (SSSR count). The molecule has 0 aliphatic carbocycles. The number of piperazine rings is 1. The highest BCUT2D eigenvalue weighted by Gasteiger charge is 2.26. The van der Waals surface area contributed by atoms with Gasteiger partial charge in [0, 0.05) is 25.2 Å². The summed E-state index contributed by atoms with van der Waals surface area (Å²) in [6, 6.07) is 9.24. The number of nitrogens with zero attached hydrogens (tertiary/aromatic N) is 1. The Balaban J connectivity index is 2.33. The largest absolute Gasteiger partial charge is 0.495 e. The molecule has 0 aromatic heterocycles. The Morgan fingerprint density at radius 1 is 1.19 bits per heavy atom. The van der Waals surface area contributed by atoms with Crippen LogP contribution in [0.5, 0.6) is 5.75 Å². The molecule has 88 valence electrons. The van der Waals surface area contributed by atoms with Crippen LogP contribution in [-0.2, 0) is 0 Å². The second-order valence-corrected chi connectivity index (χ2v) is 4.44. The Morgan fingerprint density at radius 2 is 1.81 bits per heavy atom. The molecule has 1 fully saturated rings. The third kappa shape index (κ3) is 2.00. The fraction of sp³-hybridized carbons (Fsp3) is 0.538. The van der Waals surface area contributed by atoms with Gasteiger partial charge in [0.25, 0.3) is 0 Å². The molecule has 3 heteroatoms. The lowest BCUT2D eigenvalue weighted by molar-refractivity contribution is 0.396. The van der Waals surface area contributed by atoms with Crippen LogP contribution in [0.25, 0.3) is 0 Å². The van der Waals surface area contributed by atoms with Crippen molar-refractivity contribution in [2.24, 2.45) is 0 Å². The molecule has 0 saturated carbocycles. The number of hydrogen-bond donors (Lipinski definition) is 1. The van der Waals surface area contributed by atoms with Crippen LogP contribution in [0, 0.1) is 0 Å². The van der Waals surface area contributed by atoms with Crippen molar-refractivity contribution in [3.63, 3.8) is 0 Å². The van der Waals surface area contributed by atoms with Crippen LogP contribution in [0.2, 0.25) is 0 Å². The van der Waals surface area contributed by atoms with Crippen molar-refractivity contribution in [1.29, 1.82) is 0 Å². The number of benzene rings is 1. The number of rotatable bonds is 2. The maximum Gasteiger partial charge on any atom is 0.142 e. The van der Waals surface area contributed by atoms with Gasteiger partial charge in [0.15, 0.2) is 0 Å². The summed E-state index contributed by atoms with van der Waals surface area (Å²) >= 11 is 0. The first-order valence-corrected chi connectivity index (χ1v) is 5.86. The molecule has 0 unspecified atom stereocenters. The van der Waals surface area contributed by atoms with Gasteiger partial charge >= 0.3 is 0 Å². The fourth-order valence-electron chi connectivity index (χ4n) is 2.45. The monoisotopic (exact) mass is 220 g/mol. The molecule has 1 N–H and O–H groups in total. The van der Waals surface area contributed by atoms with Gasteiger partial charge in [-0.1, -0.05) is 12.1 Å². The topological polar surface area (TPSA) is 24.5 Å². The zero-order chi connectivity index (χ0) is 11.5. The zero-order valence-corrected chi connectivity index (χ0v) is 10.2. The summed E-state index contributed by atoms with van der Waals surface area (Å²) in [6.45, 7) is 6.55. The molecule has 3 nitrogen and oxygen atoms in total. The van der Waals surface area contributed by atoms with Crippen molar-refractivity contribution in [2.45, 2.75) is 25.9 Å². The maximum atomic E-state index is 5.43. The summed E-state index contributed by atoms with van der Waals surface area (Å²) < 4.78 is 5.43. The van der Waals surface area contributed by atoms with E-state index < -0.39 is 0 Å². The van der Waals surface area contributed by atoms with E-state index in [1.165, 1.54) is 5.69 Å². The zero-order valence-electron chi connectivity index (χ0n) is 10.2. The van der Waals surface area contributed by atoms with Gasteiger partial charge in [-0.05, 0) is 26.0 Å². The highest BCUT2D eigenvalue weighted by molar-refractivity contribution is 5.60. The Kier molecular flexibility index (Phi) is 3.34. The average Bonchev–Trinajstić information content (AvgIpc) is 2.29. The minimum atomic E-state index is 0.500. The predicted molar refractivity (Wildman–Crippen MR) is 67.3 cm³/mol. The van der Waals surface area contributed by atoms with Gasteiger partial charge in [0.1, 0.15) is 5.75 Å². The van der Waals surface area contributed by atoms with Crippen LogP contribution < -0.4 is 15.0 Å². The van der Waals surface area contributed by atoms with E-state index in [1.807, 2.05) is 12.1 Å². The van der Waals surface area contributed by atoms with E-state index in [1.54, 1.807) is 7.11 Å². The smallest absolute Gasteiger partial charge is 0.142 e. The lowest BCUT2D eigenvalue weighted by Crippen LogP contribution is -2.55. The van der Waals surface area contributed by atoms with Crippen molar-refractivity contribution >= 4 is 5.69 Å². The van der Waals surface area contributed by atoms with E-state index in [0.717, 1.165) is 18.8 Å². The first-order valence-electron chi connectivity index (χ1n) is 5.86. The number of nitrogens with one attached hydrogen (secondary N) is 1. The van der Waals surface area contributed by atoms with Crippen LogP contribution in [-0.4, -0.2) is 32.3 Å². The summed E-state index contributed by atoms with van der Waals surface area (Å²) in [4.78, 5) is 2.44. The Hall–Kier alpha value is -1.22. The van der Waals surface area contributed by atoms with Gasteiger partial charge in [0.05, 0.1) is 12.8 Å². The van der Waals surface area contributed by atoms with Crippen LogP contribution >= 0.6 is 0 Å². The van der Waals surface area contributed by atoms with Crippen molar-refractivity contribution in [2.75, 3.05) is 25.1 Å². The van der Waals surface area contributed by atoms with Gasteiger partial charge in [-0.2, -0.15) is 0 Å². The summed E-state index contributed by atoms with van der Waals surface area (Å²) in [7, 11) is 1.73. The van der Waals surface area contributed by atoms with E-state index in [2.05, 4.69) is 36.2 Å². The third-order valence-corrected chi connectivity index (χ3v) is 3.19. The molecule has 1 aromatic carbocycles. The molecular weight excluding hydrogens is 200 g/mol. The maximum absolute atomic E-state index is 5.43. The van der Waals surface area contributed by atoms with Gasteiger partial charge in [0.2, 0.25) is 0 Å². The molecule has 2 atom stereocenters. The van der Waals surface area contributed by atoms with Crippen molar-refractivity contribution in [1.82, 2.24) is 5.32 Å². The van der Waals surface area contributed by atoms with Gasteiger partial charge in [-0.15, -0.1) is 0 Å². The Morgan fingerprint density at radius 3 is 2.44 bits per heavy atom. The SMILES string of the molecule is COc1ccccc1N1[C@H](C)CNC[C@H]1C. The summed E-state index contributed by atoms with van der Waals surface area (Å²) in [5, 5.41) is 3.44. The average molecular weight is 220 g/mol. The van der Waals surface area contributed by atoms with E-state index in [9.17, 15) is 0 Å². The predicted octanol–water partition coefficient (Wildman–Crippen LogP) is 1.88. The first kappa shape index (κ1) is 11.3. The van der Waals surface area contributed by atoms with Crippen LogP contribution in [0.15, 0.2) is 24.3 Å². The molecule has 0 amide bonds. The van der Waals surface area contributed by atoms with Crippen molar-refractivity contribution in [3.8, 4) is 5.75 Å². The molecule has 1 aliphatic heterocycles. The molecule has 16 heavy (non-hydrogen) atoms. The summed E-state index contributed by atoms with van der Waals surface area (Å²) in [5.41, 5.74) is 1.20. The van der Waals surface area contributed by atoms with Gasteiger partial charge in [-0.25, -0.2) is 0 Å². The normalized spacial score (nSPS) is 25.6. The molecule has 0 radical (unpaired) electrons. The number of ether oxygens (including phenoxy) is 1. The number of methoxy groups -OCH3 is 1. The van der Waals surface area contributed by atoms with Gasteiger partial charge in [-0.3, -0.25) is 0 Å². The summed E-state index contributed by atoms with van der Waals surface area (Å²) in [5.74, 6) is 0.961.